The minimum atomic E-state index is -4.57. The molecule has 0 atom stereocenters. The normalized spacial score (nSPS) is 17.3. The molecule has 1 aliphatic carbocycles. The Bertz CT molecular complexity index is 1230. The molecule has 2 aliphatic rings. The van der Waals surface area contributed by atoms with E-state index in [-0.39, 0.29) is 17.4 Å². The zero-order valence-corrected chi connectivity index (χ0v) is 20.2. The maximum atomic E-state index is 13.8. The van der Waals surface area contributed by atoms with Gasteiger partial charge in [0.15, 0.2) is 5.75 Å². The molecule has 2 aromatic heterocycles. The largest absolute Gasteiger partial charge is 0.454 e. The standard InChI is InChI=1S/C26H29F3N4O3/c1-25(2,34)23-13-17(7-10-30-23)31-21-14-19(5-6-20(21)26(27,28)29)36-22-15-33(18-3-4-18)32-24(22)16-8-11-35-12-9-16/h5-7,10,13-16,18,34H,3-4,8-9,11-12H2,1-2H3,(H,30,31). The number of alkyl halides is 3. The fourth-order valence-corrected chi connectivity index (χ4v) is 4.31. The van der Waals surface area contributed by atoms with Gasteiger partial charge >= 0.3 is 6.18 Å². The number of aliphatic hydroxyl groups is 1. The molecule has 192 valence electrons. The van der Waals surface area contributed by atoms with E-state index in [0.717, 1.165) is 37.4 Å². The van der Waals surface area contributed by atoms with Gasteiger partial charge in [-0.15, -0.1) is 0 Å². The highest BCUT2D eigenvalue weighted by Gasteiger charge is 2.34. The molecule has 3 aromatic rings. The van der Waals surface area contributed by atoms with Gasteiger partial charge < -0.3 is 19.9 Å². The lowest BCUT2D eigenvalue weighted by molar-refractivity contribution is -0.136. The van der Waals surface area contributed by atoms with Gasteiger partial charge in [-0.3, -0.25) is 9.67 Å². The predicted molar refractivity (Wildman–Crippen MR) is 128 cm³/mol. The summed E-state index contributed by atoms with van der Waals surface area (Å²) in [5, 5.41) is 17.9. The van der Waals surface area contributed by atoms with Crippen molar-refractivity contribution in [3.63, 3.8) is 0 Å². The van der Waals surface area contributed by atoms with Crippen LogP contribution in [0.4, 0.5) is 24.5 Å². The molecule has 0 amide bonds. The summed E-state index contributed by atoms with van der Waals surface area (Å²) >= 11 is 0. The molecule has 10 heteroatoms. The van der Waals surface area contributed by atoms with Crippen molar-refractivity contribution >= 4 is 11.4 Å². The van der Waals surface area contributed by atoms with Crippen LogP contribution in [0.5, 0.6) is 11.5 Å². The molecule has 7 nitrogen and oxygen atoms in total. The van der Waals surface area contributed by atoms with Crippen LogP contribution in [-0.2, 0) is 16.5 Å². The summed E-state index contributed by atoms with van der Waals surface area (Å²) < 4.78 is 55.0. The van der Waals surface area contributed by atoms with Crippen LogP contribution in [0.3, 0.4) is 0 Å². The zero-order valence-electron chi connectivity index (χ0n) is 20.2. The summed E-state index contributed by atoms with van der Waals surface area (Å²) in [6.45, 7) is 4.42. The Balaban J connectivity index is 1.47. The Labute approximate surface area is 207 Å². The van der Waals surface area contributed by atoms with Crippen molar-refractivity contribution in [3.8, 4) is 11.5 Å². The van der Waals surface area contributed by atoms with Crippen molar-refractivity contribution in [2.45, 2.75) is 63.3 Å². The second-order valence-corrected chi connectivity index (χ2v) is 9.90. The molecule has 1 saturated carbocycles. The first-order valence-electron chi connectivity index (χ1n) is 12.1. The number of aromatic nitrogens is 3. The number of rotatable bonds is 7. The summed E-state index contributed by atoms with van der Waals surface area (Å²) in [6, 6.07) is 7.10. The Morgan fingerprint density at radius 1 is 1.08 bits per heavy atom. The average Bonchev–Trinajstić information content (AvgIpc) is 3.59. The quantitative estimate of drug-likeness (QED) is 0.395. The van der Waals surface area contributed by atoms with Gasteiger partial charge in [0, 0.05) is 37.1 Å². The van der Waals surface area contributed by atoms with E-state index < -0.39 is 17.3 Å². The summed E-state index contributed by atoms with van der Waals surface area (Å²) in [4.78, 5) is 4.12. The first-order valence-corrected chi connectivity index (χ1v) is 12.1. The van der Waals surface area contributed by atoms with Crippen LogP contribution >= 0.6 is 0 Å². The van der Waals surface area contributed by atoms with Gasteiger partial charge in [0.05, 0.1) is 29.2 Å². The molecule has 36 heavy (non-hydrogen) atoms. The number of pyridine rings is 1. The highest BCUT2D eigenvalue weighted by molar-refractivity contribution is 5.66. The number of hydrogen-bond donors (Lipinski definition) is 2. The third-order valence-corrected chi connectivity index (χ3v) is 6.44. The fraction of sp³-hybridized carbons (Fsp3) is 0.462. The molecule has 0 unspecified atom stereocenters. The molecule has 1 saturated heterocycles. The van der Waals surface area contributed by atoms with E-state index in [2.05, 4.69) is 10.3 Å². The van der Waals surface area contributed by atoms with Gasteiger partial charge in [-0.1, -0.05) is 0 Å². The lowest BCUT2D eigenvalue weighted by Gasteiger charge is -2.21. The van der Waals surface area contributed by atoms with Gasteiger partial charge in [0.1, 0.15) is 17.0 Å². The van der Waals surface area contributed by atoms with Gasteiger partial charge in [0.25, 0.3) is 0 Å². The van der Waals surface area contributed by atoms with Crippen molar-refractivity contribution in [1.29, 1.82) is 0 Å². The number of hydrogen-bond acceptors (Lipinski definition) is 6. The fourth-order valence-electron chi connectivity index (χ4n) is 4.31. The van der Waals surface area contributed by atoms with E-state index in [0.29, 0.717) is 36.4 Å². The van der Waals surface area contributed by atoms with Crippen molar-refractivity contribution < 1.29 is 27.8 Å². The van der Waals surface area contributed by atoms with Crippen LogP contribution in [0.1, 0.15) is 68.4 Å². The summed E-state index contributed by atoms with van der Waals surface area (Å²) in [7, 11) is 0. The minimum absolute atomic E-state index is 0.157. The molecule has 1 aliphatic heterocycles. The molecule has 2 fully saturated rings. The molecule has 0 bridgehead atoms. The highest BCUT2D eigenvalue weighted by Crippen LogP contribution is 2.42. The maximum absolute atomic E-state index is 13.8. The van der Waals surface area contributed by atoms with Gasteiger partial charge in [-0.25, -0.2) is 0 Å². The number of anilines is 2. The van der Waals surface area contributed by atoms with Crippen molar-refractivity contribution in [2.75, 3.05) is 18.5 Å². The number of halogens is 3. The lowest BCUT2D eigenvalue weighted by Crippen LogP contribution is -2.17. The van der Waals surface area contributed by atoms with Crippen LogP contribution < -0.4 is 10.1 Å². The number of nitrogens with zero attached hydrogens (tertiary/aromatic N) is 3. The van der Waals surface area contributed by atoms with Crippen LogP contribution in [0.15, 0.2) is 42.7 Å². The second kappa shape index (κ2) is 9.40. The topological polar surface area (TPSA) is 81.4 Å². The van der Waals surface area contributed by atoms with Crippen LogP contribution in [0.25, 0.3) is 0 Å². The molecule has 0 spiro atoms. The molecule has 3 heterocycles. The van der Waals surface area contributed by atoms with E-state index in [4.69, 9.17) is 14.6 Å². The smallest absolute Gasteiger partial charge is 0.418 e. The second-order valence-electron chi connectivity index (χ2n) is 9.90. The van der Waals surface area contributed by atoms with Crippen molar-refractivity contribution in [1.82, 2.24) is 14.8 Å². The maximum Gasteiger partial charge on any atom is 0.418 e. The highest BCUT2D eigenvalue weighted by atomic mass is 19.4. The number of benzene rings is 1. The van der Waals surface area contributed by atoms with Crippen LogP contribution in [-0.4, -0.2) is 33.1 Å². The van der Waals surface area contributed by atoms with Gasteiger partial charge in [0.2, 0.25) is 0 Å². The summed E-state index contributed by atoms with van der Waals surface area (Å²) in [5.41, 5.74) is -0.692. The van der Waals surface area contributed by atoms with Crippen LogP contribution in [0.2, 0.25) is 0 Å². The molecule has 1 aromatic carbocycles. The van der Waals surface area contributed by atoms with E-state index in [1.807, 2.05) is 10.9 Å². The first kappa shape index (κ1) is 24.6. The Hall–Kier alpha value is -3.11. The zero-order chi connectivity index (χ0) is 25.5. The predicted octanol–water partition coefficient (Wildman–Crippen LogP) is 6.29. The van der Waals surface area contributed by atoms with Gasteiger partial charge in [-0.05, 0) is 63.8 Å². The van der Waals surface area contributed by atoms with E-state index in [9.17, 15) is 18.3 Å². The molecule has 5 rings (SSSR count). The molecular weight excluding hydrogens is 473 g/mol. The number of nitrogens with one attached hydrogen (secondary N) is 1. The van der Waals surface area contributed by atoms with Crippen molar-refractivity contribution in [3.05, 3.63) is 59.7 Å². The van der Waals surface area contributed by atoms with E-state index in [1.165, 1.54) is 24.4 Å². The number of ether oxygens (including phenoxy) is 2. The van der Waals surface area contributed by atoms with E-state index in [1.54, 1.807) is 19.9 Å². The van der Waals surface area contributed by atoms with E-state index >= 15 is 0 Å². The molecular formula is C26H29F3N4O3. The Kier molecular flexibility index (Phi) is 6.42. The average molecular weight is 503 g/mol. The third-order valence-electron chi connectivity index (χ3n) is 6.44. The lowest BCUT2D eigenvalue weighted by atomic mass is 9.96. The first-order chi connectivity index (χ1) is 17.1. The van der Waals surface area contributed by atoms with Gasteiger partial charge in [-0.2, -0.15) is 18.3 Å². The monoisotopic (exact) mass is 502 g/mol. The third kappa shape index (κ3) is 5.49. The Morgan fingerprint density at radius 3 is 2.50 bits per heavy atom. The SMILES string of the molecule is CC(C)(O)c1cc(Nc2cc(Oc3cn(C4CC4)nc3C3CCOCC3)ccc2C(F)(F)F)ccn1. The van der Waals surface area contributed by atoms with Crippen LogP contribution in [0, 0.1) is 0 Å². The Morgan fingerprint density at radius 2 is 1.83 bits per heavy atom. The summed E-state index contributed by atoms with van der Waals surface area (Å²) in [6.07, 6.45) is 2.48. The van der Waals surface area contributed by atoms with Crippen molar-refractivity contribution in [2.24, 2.45) is 0 Å². The molecule has 0 radical (unpaired) electrons. The molecule has 2 N–H and O–H groups in total. The minimum Gasteiger partial charge on any atom is -0.454 e. The summed E-state index contributed by atoms with van der Waals surface area (Å²) in [5.74, 6) is 1.01.